The molecule has 0 aromatic rings. The van der Waals surface area contributed by atoms with E-state index in [-0.39, 0.29) is 0 Å². The summed E-state index contributed by atoms with van der Waals surface area (Å²) in [5.41, 5.74) is 0. The van der Waals surface area contributed by atoms with Gasteiger partial charge >= 0.3 is 0 Å². The van der Waals surface area contributed by atoms with E-state index in [0.717, 1.165) is 44.7 Å². The second kappa shape index (κ2) is 10.9. The van der Waals surface area contributed by atoms with E-state index in [0.29, 0.717) is 5.92 Å². The molecule has 0 atom stereocenters. The summed E-state index contributed by atoms with van der Waals surface area (Å²) in [6.45, 7) is 11.5. The molecule has 0 aromatic heterocycles. The molecule has 0 unspecified atom stereocenters. The molecule has 0 radical (unpaired) electrons. The molecule has 124 valence electrons. The SMILES string of the molecule is CCNC(=NCC(CC)CC)N(C)CCC1CCOCC1. The third-order valence-electron chi connectivity index (χ3n) is 4.56. The zero-order valence-corrected chi connectivity index (χ0v) is 14.5. The first-order chi connectivity index (χ1) is 10.2. The van der Waals surface area contributed by atoms with E-state index in [9.17, 15) is 0 Å². The molecule has 1 aliphatic rings. The summed E-state index contributed by atoms with van der Waals surface area (Å²) in [6, 6.07) is 0. The number of nitrogens with one attached hydrogen (secondary N) is 1. The number of rotatable bonds is 8. The molecule has 1 heterocycles. The highest BCUT2D eigenvalue weighted by molar-refractivity contribution is 5.79. The van der Waals surface area contributed by atoms with Gasteiger partial charge in [-0.3, -0.25) is 4.99 Å². The van der Waals surface area contributed by atoms with Gasteiger partial charge in [-0.1, -0.05) is 26.7 Å². The summed E-state index contributed by atoms with van der Waals surface area (Å²) in [7, 11) is 2.16. The highest BCUT2D eigenvalue weighted by Crippen LogP contribution is 2.18. The number of hydrogen-bond donors (Lipinski definition) is 1. The van der Waals surface area contributed by atoms with Gasteiger partial charge in [0, 0.05) is 39.9 Å². The van der Waals surface area contributed by atoms with E-state index in [4.69, 9.17) is 9.73 Å². The first kappa shape index (κ1) is 18.3. The number of nitrogens with zero attached hydrogens (tertiary/aromatic N) is 2. The van der Waals surface area contributed by atoms with Gasteiger partial charge in [0.1, 0.15) is 0 Å². The van der Waals surface area contributed by atoms with Crippen LogP contribution in [0.2, 0.25) is 0 Å². The Morgan fingerprint density at radius 3 is 2.48 bits per heavy atom. The molecule has 0 saturated carbocycles. The Morgan fingerprint density at radius 2 is 1.90 bits per heavy atom. The second-order valence-corrected chi connectivity index (χ2v) is 6.14. The lowest BCUT2D eigenvalue weighted by Crippen LogP contribution is -2.40. The van der Waals surface area contributed by atoms with Gasteiger partial charge in [0.15, 0.2) is 5.96 Å². The van der Waals surface area contributed by atoms with E-state index in [2.05, 4.69) is 38.0 Å². The van der Waals surface area contributed by atoms with E-state index in [1.807, 2.05) is 0 Å². The number of guanidine groups is 1. The Hall–Kier alpha value is -0.770. The van der Waals surface area contributed by atoms with E-state index < -0.39 is 0 Å². The van der Waals surface area contributed by atoms with Crippen molar-refractivity contribution in [1.29, 1.82) is 0 Å². The van der Waals surface area contributed by atoms with Crippen LogP contribution in [0.1, 0.15) is 52.9 Å². The lowest BCUT2D eigenvalue weighted by Gasteiger charge is -2.27. The van der Waals surface area contributed by atoms with Crippen molar-refractivity contribution in [2.24, 2.45) is 16.8 Å². The quantitative estimate of drug-likeness (QED) is 0.552. The fourth-order valence-corrected chi connectivity index (χ4v) is 2.75. The van der Waals surface area contributed by atoms with E-state index in [1.165, 1.54) is 32.1 Å². The molecular formula is C17H35N3O. The highest BCUT2D eigenvalue weighted by atomic mass is 16.5. The minimum Gasteiger partial charge on any atom is -0.381 e. The highest BCUT2D eigenvalue weighted by Gasteiger charge is 2.15. The third kappa shape index (κ3) is 7.16. The average Bonchev–Trinajstić information content (AvgIpc) is 2.53. The molecular weight excluding hydrogens is 262 g/mol. The minimum atomic E-state index is 0.711. The van der Waals surface area contributed by atoms with Gasteiger partial charge in [0.25, 0.3) is 0 Å². The summed E-state index contributed by atoms with van der Waals surface area (Å²) in [5.74, 6) is 2.60. The number of aliphatic imine (C=N–C) groups is 1. The van der Waals surface area contributed by atoms with Crippen molar-refractivity contribution in [3.63, 3.8) is 0 Å². The number of ether oxygens (including phenoxy) is 1. The Morgan fingerprint density at radius 1 is 1.24 bits per heavy atom. The van der Waals surface area contributed by atoms with Crippen LogP contribution in [0.3, 0.4) is 0 Å². The van der Waals surface area contributed by atoms with Crippen LogP contribution in [-0.4, -0.2) is 50.8 Å². The minimum absolute atomic E-state index is 0.711. The monoisotopic (exact) mass is 297 g/mol. The fourth-order valence-electron chi connectivity index (χ4n) is 2.75. The molecule has 1 aliphatic heterocycles. The zero-order valence-electron chi connectivity index (χ0n) is 14.5. The normalized spacial score (nSPS) is 17.3. The summed E-state index contributed by atoms with van der Waals surface area (Å²) in [5, 5.41) is 3.42. The molecule has 1 fully saturated rings. The largest absolute Gasteiger partial charge is 0.381 e. The Balaban J connectivity index is 2.43. The van der Waals surface area contributed by atoms with Gasteiger partial charge in [0.05, 0.1) is 0 Å². The molecule has 4 heteroatoms. The molecule has 1 saturated heterocycles. The standard InChI is InChI=1S/C17H35N3O/c1-5-15(6-2)14-19-17(18-7-3)20(4)11-8-16-9-12-21-13-10-16/h15-16H,5-14H2,1-4H3,(H,18,19). The van der Waals surface area contributed by atoms with Crippen LogP contribution in [0.4, 0.5) is 0 Å². The van der Waals surface area contributed by atoms with Crippen LogP contribution >= 0.6 is 0 Å². The van der Waals surface area contributed by atoms with E-state index >= 15 is 0 Å². The van der Waals surface area contributed by atoms with Crippen LogP contribution in [0.15, 0.2) is 4.99 Å². The van der Waals surface area contributed by atoms with Crippen molar-refractivity contribution in [1.82, 2.24) is 10.2 Å². The van der Waals surface area contributed by atoms with Crippen molar-refractivity contribution in [3.05, 3.63) is 0 Å². The van der Waals surface area contributed by atoms with Crippen LogP contribution in [-0.2, 0) is 4.74 Å². The zero-order chi connectivity index (χ0) is 15.5. The van der Waals surface area contributed by atoms with Gasteiger partial charge in [-0.15, -0.1) is 0 Å². The molecule has 0 spiro atoms. The van der Waals surface area contributed by atoms with Crippen molar-refractivity contribution in [3.8, 4) is 0 Å². The fraction of sp³-hybridized carbons (Fsp3) is 0.941. The maximum atomic E-state index is 5.43. The van der Waals surface area contributed by atoms with Gasteiger partial charge in [0.2, 0.25) is 0 Å². The van der Waals surface area contributed by atoms with E-state index in [1.54, 1.807) is 0 Å². The second-order valence-electron chi connectivity index (χ2n) is 6.14. The Kier molecular flexibility index (Phi) is 9.48. The lowest BCUT2D eigenvalue weighted by atomic mass is 9.96. The first-order valence-corrected chi connectivity index (χ1v) is 8.78. The first-order valence-electron chi connectivity index (χ1n) is 8.78. The van der Waals surface area contributed by atoms with Crippen molar-refractivity contribution >= 4 is 5.96 Å². The molecule has 0 aliphatic carbocycles. The van der Waals surface area contributed by atoms with Gasteiger partial charge < -0.3 is 15.0 Å². The molecule has 0 aromatic carbocycles. The maximum absolute atomic E-state index is 5.43. The molecule has 0 amide bonds. The van der Waals surface area contributed by atoms with Gasteiger partial charge in [-0.05, 0) is 38.0 Å². The Bertz CT molecular complexity index is 284. The summed E-state index contributed by atoms with van der Waals surface area (Å²) in [4.78, 5) is 7.12. The van der Waals surface area contributed by atoms with Crippen LogP contribution in [0, 0.1) is 11.8 Å². The summed E-state index contributed by atoms with van der Waals surface area (Å²) in [6.07, 6.45) is 6.11. The van der Waals surface area contributed by atoms with Gasteiger partial charge in [-0.25, -0.2) is 0 Å². The number of hydrogen-bond acceptors (Lipinski definition) is 2. The lowest BCUT2D eigenvalue weighted by molar-refractivity contribution is 0.0625. The van der Waals surface area contributed by atoms with Crippen molar-refractivity contribution in [2.75, 3.05) is 39.9 Å². The maximum Gasteiger partial charge on any atom is 0.193 e. The predicted octanol–water partition coefficient (Wildman–Crippen LogP) is 3.14. The molecule has 21 heavy (non-hydrogen) atoms. The summed E-state index contributed by atoms with van der Waals surface area (Å²) < 4.78 is 5.43. The third-order valence-corrected chi connectivity index (χ3v) is 4.56. The van der Waals surface area contributed by atoms with Gasteiger partial charge in [-0.2, -0.15) is 0 Å². The molecule has 1 N–H and O–H groups in total. The molecule has 0 bridgehead atoms. The van der Waals surface area contributed by atoms with Crippen LogP contribution in [0.5, 0.6) is 0 Å². The topological polar surface area (TPSA) is 36.9 Å². The van der Waals surface area contributed by atoms with Crippen molar-refractivity contribution < 1.29 is 4.74 Å². The van der Waals surface area contributed by atoms with Crippen LogP contribution in [0.25, 0.3) is 0 Å². The Labute approximate surface area is 131 Å². The summed E-state index contributed by atoms with van der Waals surface area (Å²) >= 11 is 0. The smallest absolute Gasteiger partial charge is 0.193 e. The molecule has 4 nitrogen and oxygen atoms in total. The predicted molar refractivity (Wildman–Crippen MR) is 90.8 cm³/mol. The average molecular weight is 297 g/mol. The van der Waals surface area contributed by atoms with Crippen LogP contribution < -0.4 is 5.32 Å². The van der Waals surface area contributed by atoms with Crippen molar-refractivity contribution in [2.45, 2.75) is 52.9 Å². The molecule has 1 rings (SSSR count).